The molecule has 5 rings (SSSR count). The summed E-state index contributed by atoms with van der Waals surface area (Å²) in [5.74, 6) is -2.70. The summed E-state index contributed by atoms with van der Waals surface area (Å²) in [4.78, 5) is 45.8. The number of alkyl halides is 6. The van der Waals surface area contributed by atoms with E-state index in [1.54, 1.807) is 45.0 Å². The fourth-order valence-corrected chi connectivity index (χ4v) is 7.87. The number of rotatable bonds is 12. The summed E-state index contributed by atoms with van der Waals surface area (Å²) in [7, 11) is 0. The summed E-state index contributed by atoms with van der Waals surface area (Å²) in [6.45, 7) is 4.76. The lowest BCUT2D eigenvalue weighted by atomic mass is 9.78. The van der Waals surface area contributed by atoms with E-state index in [1.807, 2.05) is 0 Å². The average molecular weight is 800 g/mol. The number of carbonyl (C=O) groups is 3. The molecule has 2 atom stereocenters. The molecule has 1 aromatic carbocycles. The van der Waals surface area contributed by atoms with Gasteiger partial charge >= 0.3 is 18.3 Å². The number of aliphatic carboxylic acids is 1. The highest BCUT2D eigenvalue weighted by molar-refractivity contribution is 7.10. The van der Waals surface area contributed by atoms with Gasteiger partial charge in [-0.2, -0.15) is 26.3 Å². The van der Waals surface area contributed by atoms with Gasteiger partial charge in [-0.3, -0.25) is 19.4 Å². The molecule has 2 aromatic heterocycles. The van der Waals surface area contributed by atoms with Crippen molar-refractivity contribution in [3.05, 3.63) is 75.7 Å². The Bertz CT molecular complexity index is 1860. The third-order valence-corrected chi connectivity index (χ3v) is 11.3. The van der Waals surface area contributed by atoms with E-state index in [9.17, 15) is 50.9 Å². The molecule has 0 aliphatic carbocycles. The number of hydrogen-bond acceptors (Lipinski definition) is 8. The normalized spacial score (nSPS) is 20.6. The summed E-state index contributed by atoms with van der Waals surface area (Å²) in [6.07, 6.45) is -8.00. The molecule has 55 heavy (non-hydrogen) atoms. The predicted molar refractivity (Wildman–Crippen MR) is 189 cm³/mol. The third-order valence-electron chi connectivity index (χ3n) is 10.3. The highest BCUT2D eigenvalue weighted by atomic mass is 32.1. The maximum Gasteiger partial charge on any atom is 0.425 e. The number of nitrogens with zero attached hydrogens (tertiary/aromatic N) is 3. The molecule has 0 radical (unpaired) electrons. The summed E-state index contributed by atoms with van der Waals surface area (Å²) in [5, 5.41) is 22.5. The van der Waals surface area contributed by atoms with Crippen LogP contribution in [0.3, 0.4) is 0 Å². The predicted octanol–water partition coefficient (Wildman–Crippen LogP) is 7.79. The first-order chi connectivity index (χ1) is 25.7. The highest BCUT2D eigenvalue weighted by Crippen LogP contribution is 2.44. The van der Waals surface area contributed by atoms with E-state index in [2.05, 4.69) is 4.98 Å². The van der Waals surface area contributed by atoms with Gasteiger partial charge in [0.15, 0.2) is 0 Å². The number of hydrogen-bond donors (Lipinski definition) is 2. The number of carboxylic acids is 1. The Labute approximate surface area is 318 Å². The number of carboxylic acid groups (broad SMARTS) is 1. The second-order valence-corrected chi connectivity index (χ2v) is 15.5. The minimum absolute atomic E-state index is 0.00352. The first-order valence-corrected chi connectivity index (χ1v) is 18.8. The smallest absolute Gasteiger partial charge is 0.425 e. The van der Waals surface area contributed by atoms with Gasteiger partial charge in [0, 0.05) is 49.3 Å². The Balaban J connectivity index is 1.47. The van der Waals surface area contributed by atoms with Crippen molar-refractivity contribution < 1.29 is 60.4 Å². The number of likely N-dealkylation sites (tertiary alicyclic amines) is 2. The number of carbonyl (C=O) groups excluding carboxylic acids is 2. The minimum atomic E-state index is -4.92. The molecule has 300 valence electrons. The number of para-hydroxylation sites is 1. The maximum atomic E-state index is 14.9. The van der Waals surface area contributed by atoms with Gasteiger partial charge in [0.25, 0.3) is 11.8 Å². The third kappa shape index (κ3) is 8.87. The molecule has 2 aliphatic rings. The minimum Gasteiger partial charge on any atom is -0.493 e. The Morgan fingerprint density at radius 3 is 2.29 bits per heavy atom. The first kappa shape index (κ1) is 41.8. The van der Waals surface area contributed by atoms with E-state index >= 15 is 0 Å². The van der Waals surface area contributed by atoms with Crippen molar-refractivity contribution in [3.63, 3.8) is 0 Å². The fourth-order valence-electron chi connectivity index (χ4n) is 7.19. The topological polar surface area (TPSA) is 130 Å². The lowest BCUT2D eigenvalue weighted by Gasteiger charge is -2.51. The SMILES string of the molecule is CCCC1N(C(=O)c2ncccc2C(F)(F)F)CCCC1(Oc1csc(C(F)(F)F)c1)C(=O)N1CCC(O)(c2ccccc2OCCC(C)(C)C(=O)O)CC1. The molecule has 17 heteroatoms. The van der Waals surface area contributed by atoms with Gasteiger partial charge in [0.05, 0.1) is 29.2 Å². The molecule has 2 saturated heterocycles. The zero-order valence-electron chi connectivity index (χ0n) is 30.5. The largest absolute Gasteiger partial charge is 0.493 e. The number of aliphatic hydroxyl groups is 1. The van der Waals surface area contributed by atoms with Gasteiger partial charge in [-0.05, 0) is 64.2 Å². The van der Waals surface area contributed by atoms with E-state index in [4.69, 9.17) is 9.47 Å². The van der Waals surface area contributed by atoms with Gasteiger partial charge in [-0.1, -0.05) is 31.5 Å². The molecule has 2 N–H and O–H groups in total. The van der Waals surface area contributed by atoms with Gasteiger partial charge < -0.3 is 29.5 Å². The molecule has 10 nitrogen and oxygen atoms in total. The Hall–Kier alpha value is -4.38. The molecule has 0 bridgehead atoms. The van der Waals surface area contributed by atoms with E-state index in [0.717, 1.165) is 34.7 Å². The van der Waals surface area contributed by atoms with Crippen LogP contribution < -0.4 is 9.47 Å². The fraction of sp³-hybridized carbons (Fsp3) is 0.526. The quantitative estimate of drug-likeness (QED) is 0.178. The summed E-state index contributed by atoms with van der Waals surface area (Å²) < 4.78 is 95.4. The van der Waals surface area contributed by atoms with Crippen LogP contribution in [0.5, 0.6) is 11.5 Å². The zero-order valence-corrected chi connectivity index (χ0v) is 31.3. The molecule has 2 fully saturated rings. The van der Waals surface area contributed by atoms with Crippen molar-refractivity contribution in [1.29, 1.82) is 0 Å². The average Bonchev–Trinajstić information content (AvgIpc) is 3.61. The van der Waals surface area contributed by atoms with E-state index in [1.165, 1.54) is 4.90 Å². The van der Waals surface area contributed by atoms with Gasteiger partial charge in [-0.25, -0.2) is 0 Å². The number of thiophene rings is 1. The lowest BCUT2D eigenvalue weighted by Crippen LogP contribution is -2.68. The Kier molecular flexibility index (Phi) is 12.2. The van der Waals surface area contributed by atoms with Crippen LogP contribution in [-0.2, 0) is 27.5 Å². The van der Waals surface area contributed by atoms with Crippen LogP contribution >= 0.6 is 11.3 Å². The van der Waals surface area contributed by atoms with Gasteiger partial charge in [0.2, 0.25) is 5.60 Å². The molecule has 2 amide bonds. The van der Waals surface area contributed by atoms with Crippen molar-refractivity contribution in [2.75, 3.05) is 26.2 Å². The summed E-state index contributed by atoms with van der Waals surface area (Å²) in [5.41, 5.74) is -6.27. The van der Waals surface area contributed by atoms with Crippen LogP contribution in [0.25, 0.3) is 0 Å². The van der Waals surface area contributed by atoms with Crippen molar-refractivity contribution in [3.8, 4) is 11.5 Å². The summed E-state index contributed by atoms with van der Waals surface area (Å²) >= 11 is 0.357. The maximum absolute atomic E-state index is 14.9. The van der Waals surface area contributed by atoms with E-state index < -0.39 is 68.9 Å². The second-order valence-electron chi connectivity index (χ2n) is 14.5. The van der Waals surface area contributed by atoms with Crippen molar-refractivity contribution in [1.82, 2.24) is 14.8 Å². The van der Waals surface area contributed by atoms with E-state index in [0.29, 0.717) is 29.1 Å². The molecule has 0 spiro atoms. The Morgan fingerprint density at radius 1 is 0.982 bits per heavy atom. The number of benzene rings is 1. The van der Waals surface area contributed by atoms with Gasteiger partial charge in [0.1, 0.15) is 22.1 Å². The number of amides is 2. The number of halogens is 6. The first-order valence-electron chi connectivity index (χ1n) is 17.9. The monoisotopic (exact) mass is 799 g/mol. The standard InChI is InChI=1S/C38H43F6N3O7S/c1-4-9-28-36(54-24-22-29(55-23-24)38(42,43)44,13-8-18-47(28)31(48)30-26(37(39,40)41)11-7-17-45-30)32(49)46-19-14-35(52,15-20-46)25-10-5-6-12-27(25)53-21-16-34(2,3)33(50)51/h5-7,10-12,17,22-23,28,52H,4,8-9,13-16,18-21H2,1-3H3,(H,50,51). The van der Waals surface area contributed by atoms with Crippen molar-refractivity contribution in [2.45, 2.75) is 95.3 Å². The number of pyridine rings is 1. The van der Waals surface area contributed by atoms with Gasteiger partial charge in [-0.15, -0.1) is 11.3 Å². The molecule has 4 heterocycles. The van der Waals surface area contributed by atoms with Crippen molar-refractivity contribution >= 4 is 29.1 Å². The molecular weight excluding hydrogens is 756 g/mol. The molecular formula is C38H43F6N3O7S. The van der Waals surface area contributed by atoms with Crippen LogP contribution in [0.15, 0.2) is 54.0 Å². The van der Waals surface area contributed by atoms with E-state index in [-0.39, 0.29) is 70.5 Å². The Morgan fingerprint density at radius 2 is 1.67 bits per heavy atom. The van der Waals surface area contributed by atoms with Crippen LogP contribution in [0.4, 0.5) is 26.3 Å². The van der Waals surface area contributed by atoms with Crippen LogP contribution in [0, 0.1) is 5.41 Å². The van der Waals surface area contributed by atoms with Crippen LogP contribution in [0.1, 0.15) is 92.2 Å². The second kappa shape index (κ2) is 16.0. The summed E-state index contributed by atoms with van der Waals surface area (Å²) in [6, 6.07) is 8.05. The molecule has 2 unspecified atom stereocenters. The van der Waals surface area contributed by atoms with Crippen molar-refractivity contribution in [2.24, 2.45) is 5.41 Å². The van der Waals surface area contributed by atoms with Crippen LogP contribution in [0.2, 0.25) is 0 Å². The number of piperidine rings is 2. The highest BCUT2D eigenvalue weighted by Gasteiger charge is 2.57. The number of ether oxygens (including phenoxy) is 2. The number of aromatic nitrogens is 1. The lowest BCUT2D eigenvalue weighted by molar-refractivity contribution is -0.163. The molecule has 3 aromatic rings. The molecule has 2 aliphatic heterocycles. The molecule has 0 saturated carbocycles. The zero-order chi connectivity index (χ0) is 40.4. The van der Waals surface area contributed by atoms with Crippen LogP contribution in [-0.4, -0.2) is 80.7 Å².